The van der Waals surface area contributed by atoms with Crippen LogP contribution in [-0.4, -0.2) is 5.54 Å². The first-order chi connectivity index (χ1) is 6.94. The van der Waals surface area contributed by atoms with Crippen molar-refractivity contribution in [3.05, 3.63) is 29.8 Å². The molecule has 0 aliphatic carbocycles. The van der Waals surface area contributed by atoms with E-state index in [9.17, 15) is 0 Å². The van der Waals surface area contributed by atoms with Crippen molar-refractivity contribution in [2.24, 2.45) is 4.36 Å². The first kappa shape index (κ1) is 12.2. The predicted molar refractivity (Wildman–Crippen MR) is 64.8 cm³/mol. The number of aryl methyl sites for hydroxylation is 1. The third-order valence-electron chi connectivity index (χ3n) is 1.80. The Morgan fingerprint density at radius 3 is 2.33 bits per heavy atom. The summed E-state index contributed by atoms with van der Waals surface area (Å²) in [5.74, 6) is 0. The molecule has 0 saturated heterocycles. The normalized spacial score (nSPS) is 13.5. The summed E-state index contributed by atoms with van der Waals surface area (Å²) in [7, 11) is 5.40. The van der Waals surface area contributed by atoms with Crippen molar-refractivity contribution in [3.8, 4) is 6.07 Å². The number of rotatable bonds is 2. The van der Waals surface area contributed by atoms with Gasteiger partial charge in [-0.25, -0.2) is 4.36 Å². The van der Waals surface area contributed by atoms with Gasteiger partial charge in [-0.1, -0.05) is 17.7 Å². The van der Waals surface area contributed by atoms with E-state index in [4.69, 9.17) is 15.9 Å². The van der Waals surface area contributed by atoms with Crippen LogP contribution in [0.15, 0.2) is 33.5 Å². The number of hydrogen-bond donors (Lipinski definition) is 0. The van der Waals surface area contributed by atoms with Gasteiger partial charge in [0.15, 0.2) is 0 Å². The highest BCUT2D eigenvalue weighted by atomic mass is 35.7. The van der Waals surface area contributed by atoms with Gasteiger partial charge < -0.3 is 0 Å². The minimum Gasteiger partial charge on any atom is -0.223 e. The highest BCUT2D eigenvalue weighted by Crippen LogP contribution is 2.19. The highest BCUT2D eigenvalue weighted by Gasteiger charge is 2.15. The minimum absolute atomic E-state index is 0.726. The van der Waals surface area contributed by atoms with Crippen molar-refractivity contribution in [1.82, 2.24) is 0 Å². The van der Waals surface area contributed by atoms with Crippen LogP contribution >= 0.6 is 10.7 Å². The summed E-state index contributed by atoms with van der Waals surface area (Å²) in [5.41, 5.74) is 0.461. The second-order valence-electron chi connectivity index (χ2n) is 3.81. The number of hydrogen-bond acceptors (Lipinski definition) is 2. The molecule has 1 atom stereocenters. The monoisotopic (exact) mass is 240 g/mol. The molecule has 0 saturated carbocycles. The van der Waals surface area contributed by atoms with Crippen LogP contribution in [0, 0.1) is 18.3 Å². The van der Waals surface area contributed by atoms with Crippen molar-refractivity contribution in [3.63, 3.8) is 0 Å². The number of nitriles is 1. The Kier molecular flexibility index (Phi) is 3.90. The molecule has 80 valence electrons. The van der Waals surface area contributed by atoms with Gasteiger partial charge in [-0.2, -0.15) is 5.26 Å². The van der Waals surface area contributed by atoms with Gasteiger partial charge >= 0.3 is 0 Å². The molecule has 0 fully saturated rings. The van der Waals surface area contributed by atoms with Gasteiger partial charge in [0.2, 0.25) is 0 Å². The van der Waals surface area contributed by atoms with E-state index in [0.29, 0.717) is 0 Å². The molecule has 0 N–H and O–H groups in total. The highest BCUT2D eigenvalue weighted by molar-refractivity contribution is 8.10. The Labute approximate surface area is 97.5 Å². The molecule has 0 aliphatic rings. The maximum atomic E-state index is 8.84. The van der Waals surface area contributed by atoms with Crippen molar-refractivity contribution >= 4 is 20.6 Å². The van der Waals surface area contributed by atoms with Crippen molar-refractivity contribution in [2.45, 2.75) is 31.2 Å². The maximum Gasteiger partial charge on any atom is 0.149 e. The summed E-state index contributed by atoms with van der Waals surface area (Å²) >= 11 is 0. The van der Waals surface area contributed by atoms with Gasteiger partial charge in [0.05, 0.1) is 6.07 Å². The van der Waals surface area contributed by atoms with Crippen LogP contribution in [0.1, 0.15) is 19.4 Å². The molecule has 2 nitrogen and oxygen atoms in total. The lowest BCUT2D eigenvalue weighted by atomic mass is 10.1. The first-order valence-electron chi connectivity index (χ1n) is 4.56. The Hall–Kier alpha value is -0.850. The number of benzene rings is 1. The first-order valence-corrected chi connectivity index (χ1v) is 6.57. The van der Waals surface area contributed by atoms with Crippen LogP contribution in [0.2, 0.25) is 0 Å². The van der Waals surface area contributed by atoms with E-state index in [1.807, 2.05) is 31.2 Å². The van der Waals surface area contributed by atoms with Crippen molar-refractivity contribution < 1.29 is 0 Å². The van der Waals surface area contributed by atoms with Crippen LogP contribution in [0.25, 0.3) is 0 Å². The van der Waals surface area contributed by atoms with E-state index in [2.05, 4.69) is 10.4 Å². The fourth-order valence-corrected chi connectivity index (χ4v) is 2.66. The predicted octanol–water partition coefficient (Wildman–Crippen LogP) is 3.61. The summed E-state index contributed by atoms with van der Waals surface area (Å²) in [6.07, 6.45) is 0. The van der Waals surface area contributed by atoms with Gasteiger partial charge in [-0.15, -0.1) is 0 Å². The van der Waals surface area contributed by atoms with E-state index in [-0.39, 0.29) is 0 Å². The zero-order chi connectivity index (χ0) is 11.5. The van der Waals surface area contributed by atoms with Crippen LogP contribution in [0.3, 0.4) is 0 Å². The third-order valence-corrected chi connectivity index (χ3v) is 3.82. The summed E-state index contributed by atoms with van der Waals surface area (Å²) in [4.78, 5) is 0.950. The summed E-state index contributed by atoms with van der Waals surface area (Å²) in [6.45, 7) is 5.53. The van der Waals surface area contributed by atoms with Gasteiger partial charge in [0, 0.05) is 14.8 Å². The third kappa shape index (κ3) is 3.65. The van der Waals surface area contributed by atoms with Crippen LogP contribution < -0.4 is 0 Å². The molecular weight excluding hydrogens is 228 g/mol. The lowest BCUT2D eigenvalue weighted by Gasteiger charge is -2.10. The van der Waals surface area contributed by atoms with E-state index < -0.39 is 15.4 Å². The lowest BCUT2D eigenvalue weighted by Crippen LogP contribution is -2.13. The molecule has 0 aliphatic heterocycles. The van der Waals surface area contributed by atoms with Crippen LogP contribution in [0.4, 0.5) is 0 Å². The lowest BCUT2D eigenvalue weighted by molar-refractivity contribution is 0.684. The molecule has 4 heteroatoms. The van der Waals surface area contributed by atoms with Gasteiger partial charge in [-0.3, -0.25) is 0 Å². The number of nitrogens with zero attached hydrogens (tertiary/aromatic N) is 2. The Balaban J connectivity index is 3.00. The molecule has 0 bridgehead atoms. The fraction of sp³-hybridized carbons (Fsp3) is 0.364. The molecule has 1 unspecified atom stereocenters. The summed E-state index contributed by atoms with van der Waals surface area (Å²) in [6, 6.07) is 9.99. The zero-order valence-electron chi connectivity index (χ0n) is 8.99. The largest absolute Gasteiger partial charge is 0.223 e. The molecule has 0 radical (unpaired) electrons. The van der Waals surface area contributed by atoms with Gasteiger partial charge in [0.1, 0.15) is 5.54 Å². The molecular formula is C11H13ClN2S. The van der Waals surface area contributed by atoms with E-state index in [1.165, 1.54) is 5.56 Å². The van der Waals surface area contributed by atoms with E-state index in [0.717, 1.165) is 4.90 Å². The molecule has 0 spiro atoms. The SMILES string of the molecule is Cc1ccc(S(Cl)=NC(C)(C)C#N)cc1. The summed E-state index contributed by atoms with van der Waals surface area (Å²) < 4.78 is 4.26. The standard InChI is InChI=1S/C11H13ClN2S/c1-9-4-6-10(7-5-9)15(12)14-11(2,3)8-13/h4-7H,1-3H3. The zero-order valence-corrected chi connectivity index (χ0v) is 10.6. The second-order valence-corrected chi connectivity index (χ2v) is 5.82. The molecule has 1 rings (SSSR count). The van der Waals surface area contributed by atoms with Crippen LogP contribution in [0.5, 0.6) is 0 Å². The Morgan fingerprint density at radius 2 is 1.87 bits per heavy atom. The van der Waals surface area contributed by atoms with Crippen molar-refractivity contribution in [1.29, 1.82) is 5.26 Å². The van der Waals surface area contributed by atoms with E-state index in [1.54, 1.807) is 13.8 Å². The summed E-state index contributed by atoms with van der Waals surface area (Å²) in [5, 5.41) is 8.84. The number of halogens is 1. The maximum absolute atomic E-state index is 8.84. The minimum atomic E-state index is -0.736. The van der Waals surface area contributed by atoms with Gasteiger partial charge in [-0.05, 0) is 43.6 Å². The molecule has 1 aromatic carbocycles. The average Bonchev–Trinajstić information content (AvgIpc) is 2.18. The van der Waals surface area contributed by atoms with Crippen LogP contribution in [-0.2, 0) is 9.90 Å². The molecule has 0 aromatic heterocycles. The Morgan fingerprint density at radius 1 is 1.33 bits per heavy atom. The fourth-order valence-electron chi connectivity index (χ4n) is 0.924. The molecule has 0 amide bonds. The average molecular weight is 241 g/mol. The second kappa shape index (κ2) is 4.78. The van der Waals surface area contributed by atoms with Crippen molar-refractivity contribution in [2.75, 3.05) is 0 Å². The molecule has 15 heavy (non-hydrogen) atoms. The molecule has 0 heterocycles. The quantitative estimate of drug-likeness (QED) is 0.778. The molecule has 1 aromatic rings. The van der Waals surface area contributed by atoms with E-state index >= 15 is 0 Å². The Bertz CT molecular complexity index is 415. The smallest absolute Gasteiger partial charge is 0.149 e. The topological polar surface area (TPSA) is 36.1 Å². The van der Waals surface area contributed by atoms with Gasteiger partial charge in [0.25, 0.3) is 0 Å².